The lowest BCUT2D eigenvalue weighted by atomic mass is 10.2. The molecule has 0 saturated heterocycles. The van der Waals surface area contributed by atoms with E-state index in [4.69, 9.17) is 23.2 Å². The topological polar surface area (TPSA) is 66.4 Å². The zero-order chi connectivity index (χ0) is 15.6. The number of aliphatic hydroxyl groups is 1. The van der Waals surface area contributed by atoms with Gasteiger partial charge in [0.15, 0.2) is 5.82 Å². The molecule has 0 aromatic heterocycles. The van der Waals surface area contributed by atoms with E-state index in [0.717, 1.165) is 12.1 Å². The van der Waals surface area contributed by atoms with Gasteiger partial charge in [0.2, 0.25) is 0 Å². The third-order valence-corrected chi connectivity index (χ3v) is 4.90. The maximum absolute atomic E-state index is 13.6. The molecule has 2 aromatic rings. The highest BCUT2D eigenvalue weighted by atomic mass is 35.5. The molecule has 0 radical (unpaired) electrons. The number of hydrogen-bond donors (Lipinski definition) is 2. The Kier molecular flexibility index (Phi) is 4.73. The Hall–Kier alpha value is -1.34. The van der Waals surface area contributed by atoms with Crippen LogP contribution in [0, 0.1) is 5.82 Å². The second-order valence-corrected chi connectivity index (χ2v) is 6.53. The van der Waals surface area contributed by atoms with Crippen LogP contribution in [0.3, 0.4) is 0 Å². The fraction of sp³-hybridized carbons (Fsp3) is 0.0769. The first-order valence-corrected chi connectivity index (χ1v) is 7.96. The van der Waals surface area contributed by atoms with Gasteiger partial charge in [-0.05, 0) is 18.2 Å². The van der Waals surface area contributed by atoms with Gasteiger partial charge in [-0.15, -0.1) is 0 Å². The number of para-hydroxylation sites is 1. The van der Waals surface area contributed by atoms with Crippen LogP contribution < -0.4 is 4.72 Å². The summed E-state index contributed by atoms with van der Waals surface area (Å²) >= 11 is 11.2. The van der Waals surface area contributed by atoms with Crippen molar-refractivity contribution < 1.29 is 17.9 Å². The molecule has 0 heterocycles. The number of rotatable bonds is 4. The molecule has 0 fully saturated rings. The lowest BCUT2D eigenvalue weighted by Crippen LogP contribution is -2.15. The normalized spacial score (nSPS) is 11.4. The number of nitrogens with one attached hydrogen (secondary N) is 1. The van der Waals surface area contributed by atoms with E-state index in [1.165, 1.54) is 6.07 Å². The van der Waals surface area contributed by atoms with Crippen molar-refractivity contribution in [3.8, 4) is 0 Å². The minimum atomic E-state index is -4.11. The highest BCUT2D eigenvalue weighted by Gasteiger charge is 2.22. The van der Waals surface area contributed by atoms with Gasteiger partial charge in [0.1, 0.15) is 4.90 Å². The maximum atomic E-state index is 13.6. The minimum absolute atomic E-state index is 0.187. The first kappa shape index (κ1) is 16.0. The van der Waals surface area contributed by atoms with Crippen LogP contribution in [0.5, 0.6) is 0 Å². The fourth-order valence-electron chi connectivity index (χ4n) is 1.67. The van der Waals surface area contributed by atoms with E-state index in [1.54, 1.807) is 18.2 Å². The monoisotopic (exact) mass is 349 g/mol. The molecular weight excluding hydrogens is 340 g/mol. The minimum Gasteiger partial charge on any atom is -0.392 e. The van der Waals surface area contributed by atoms with Crippen molar-refractivity contribution in [1.82, 2.24) is 0 Å². The summed E-state index contributed by atoms with van der Waals surface area (Å²) in [6.07, 6.45) is 0. The van der Waals surface area contributed by atoms with Crippen molar-refractivity contribution in [2.24, 2.45) is 0 Å². The molecule has 0 aliphatic carbocycles. The van der Waals surface area contributed by atoms with Gasteiger partial charge in [-0.25, -0.2) is 12.8 Å². The second-order valence-electron chi connectivity index (χ2n) is 4.09. The Morgan fingerprint density at radius 3 is 2.48 bits per heavy atom. The third kappa shape index (κ3) is 3.29. The summed E-state index contributed by atoms with van der Waals surface area (Å²) in [5.41, 5.74) is 0.568. The molecule has 21 heavy (non-hydrogen) atoms. The molecule has 0 unspecified atom stereocenters. The van der Waals surface area contributed by atoms with Crippen molar-refractivity contribution in [3.63, 3.8) is 0 Å². The number of hydrogen-bond acceptors (Lipinski definition) is 3. The van der Waals surface area contributed by atoms with Gasteiger partial charge < -0.3 is 5.11 Å². The lowest BCUT2D eigenvalue weighted by molar-refractivity contribution is 0.282. The van der Waals surface area contributed by atoms with Gasteiger partial charge in [0, 0.05) is 5.56 Å². The van der Waals surface area contributed by atoms with Gasteiger partial charge in [0.05, 0.1) is 22.3 Å². The molecule has 4 nitrogen and oxygen atoms in total. The second kappa shape index (κ2) is 6.19. The summed E-state index contributed by atoms with van der Waals surface area (Å²) in [7, 11) is -4.11. The Labute approximate surface area is 131 Å². The Balaban J connectivity index is 2.46. The average Bonchev–Trinajstić information content (AvgIpc) is 2.44. The smallest absolute Gasteiger partial charge is 0.263 e. The Morgan fingerprint density at radius 1 is 1.14 bits per heavy atom. The molecule has 0 aliphatic rings. The van der Waals surface area contributed by atoms with E-state index in [-0.39, 0.29) is 17.3 Å². The van der Waals surface area contributed by atoms with E-state index >= 15 is 0 Å². The van der Waals surface area contributed by atoms with Gasteiger partial charge in [0.25, 0.3) is 10.0 Å². The summed E-state index contributed by atoms with van der Waals surface area (Å²) in [5.74, 6) is -1.00. The first-order valence-electron chi connectivity index (χ1n) is 5.72. The molecule has 0 saturated carbocycles. The largest absolute Gasteiger partial charge is 0.392 e. The number of anilines is 1. The van der Waals surface area contributed by atoms with Crippen molar-refractivity contribution in [2.75, 3.05) is 4.72 Å². The van der Waals surface area contributed by atoms with Crippen LogP contribution in [0.4, 0.5) is 10.1 Å². The highest BCUT2D eigenvalue weighted by molar-refractivity contribution is 7.92. The molecule has 2 aromatic carbocycles. The highest BCUT2D eigenvalue weighted by Crippen LogP contribution is 2.31. The summed E-state index contributed by atoms with van der Waals surface area (Å²) < 4.78 is 40.4. The first-order chi connectivity index (χ1) is 9.86. The van der Waals surface area contributed by atoms with Gasteiger partial charge >= 0.3 is 0 Å². The van der Waals surface area contributed by atoms with E-state index in [0.29, 0.717) is 5.56 Å². The molecule has 112 valence electrons. The van der Waals surface area contributed by atoms with Crippen LogP contribution in [0.25, 0.3) is 0 Å². The van der Waals surface area contributed by atoms with E-state index in [9.17, 15) is 17.9 Å². The van der Waals surface area contributed by atoms with Crippen molar-refractivity contribution in [3.05, 3.63) is 57.8 Å². The summed E-state index contributed by atoms with van der Waals surface area (Å²) in [6.45, 7) is -0.346. The van der Waals surface area contributed by atoms with Crippen LogP contribution in [0.15, 0.2) is 41.3 Å². The summed E-state index contributed by atoms with van der Waals surface area (Å²) in [6, 6.07) is 8.50. The standard InChI is InChI=1S/C13H10Cl2FNO3S/c14-9-5-6-11(12(15)13(9)16)21(19,20)17-10-4-2-1-3-8(10)7-18/h1-6,17-18H,7H2. The third-order valence-electron chi connectivity index (χ3n) is 2.72. The molecule has 0 spiro atoms. The van der Waals surface area contributed by atoms with Gasteiger partial charge in [-0.3, -0.25) is 4.72 Å². The zero-order valence-corrected chi connectivity index (χ0v) is 12.8. The molecule has 0 bridgehead atoms. The Morgan fingerprint density at radius 2 is 1.81 bits per heavy atom. The number of aliphatic hydroxyl groups excluding tert-OH is 1. The van der Waals surface area contributed by atoms with Crippen molar-refractivity contribution in [1.29, 1.82) is 0 Å². The van der Waals surface area contributed by atoms with E-state index in [2.05, 4.69) is 4.72 Å². The Bertz CT molecular complexity index is 781. The molecule has 8 heteroatoms. The van der Waals surface area contributed by atoms with Crippen molar-refractivity contribution >= 4 is 38.9 Å². The molecular formula is C13H10Cl2FNO3S. The maximum Gasteiger partial charge on any atom is 0.263 e. The van der Waals surface area contributed by atoms with Crippen LogP contribution in [0.2, 0.25) is 10.0 Å². The number of benzene rings is 2. The van der Waals surface area contributed by atoms with Crippen LogP contribution in [-0.4, -0.2) is 13.5 Å². The predicted octanol–water partition coefficient (Wildman–Crippen LogP) is 3.43. The molecule has 2 N–H and O–H groups in total. The number of sulfonamides is 1. The SMILES string of the molecule is O=S(=O)(Nc1ccccc1CO)c1ccc(Cl)c(F)c1Cl. The predicted molar refractivity (Wildman–Crippen MR) is 79.6 cm³/mol. The van der Waals surface area contributed by atoms with Crippen LogP contribution in [-0.2, 0) is 16.6 Å². The van der Waals surface area contributed by atoms with Crippen LogP contribution in [0.1, 0.15) is 5.56 Å². The van der Waals surface area contributed by atoms with Crippen LogP contribution >= 0.6 is 23.2 Å². The number of halogens is 3. The zero-order valence-electron chi connectivity index (χ0n) is 10.5. The quantitative estimate of drug-likeness (QED) is 0.831. The summed E-state index contributed by atoms with van der Waals surface area (Å²) in [5, 5.41) is 8.33. The molecule has 2 rings (SSSR count). The summed E-state index contributed by atoms with van der Waals surface area (Å²) in [4.78, 5) is -0.432. The van der Waals surface area contributed by atoms with E-state index < -0.39 is 25.8 Å². The average molecular weight is 350 g/mol. The molecule has 0 aliphatic heterocycles. The molecule has 0 amide bonds. The fourth-order valence-corrected chi connectivity index (χ4v) is 3.52. The van der Waals surface area contributed by atoms with Gasteiger partial charge in [-0.2, -0.15) is 0 Å². The van der Waals surface area contributed by atoms with E-state index in [1.807, 2.05) is 0 Å². The lowest BCUT2D eigenvalue weighted by Gasteiger charge is -2.12. The molecule has 0 atom stereocenters. The van der Waals surface area contributed by atoms with Crippen molar-refractivity contribution in [2.45, 2.75) is 11.5 Å². The van der Waals surface area contributed by atoms with Gasteiger partial charge in [-0.1, -0.05) is 41.4 Å².